The quantitative estimate of drug-likeness (QED) is 0.581. The Morgan fingerprint density at radius 3 is 2.48 bits per heavy atom. The number of aryl methyl sites for hydroxylation is 3. The average Bonchev–Trinajstić information content (AvgIpc) is 3.23. The molecular weight excluding hydrogens is 352 g/mol. The normalized spacial score (nSPS) is 10.7. The Balaban J connectivity index is 1.67. The molecule has 0 unspecified atom stereocenters. The smallest absolute Gasteiger partial charge is 0.338 e. The molecule has 0 fully saturated rings. The second kappa shape index (κ2) is 7.94. The molecule has 27 heavy (non-hydrogen) atoms. The molecule has 2 aromatic heterocycles. The second-order valence-corrected chi connectivity index (χ2v) is 5.96. The molecule has 0 bridgehead atoms. The first-order valence-electron chi connectivity index (χ1n) is 8.30. The van der Waals surface area contributed by atoms with Gasteiger partial charge in [0.25, 0.3) is 0 Å². The summed E-state index contributed by atoms with van der Waals surface area (Å²) in [5.74, 6) is 1.79. The van der Waals surface area contributed by atoms with Gasteiger partial charge in [-0.25, -0.2) is 4.79 Å². The van der Waals surface area contributed by atoms with Crippen molar-refractivity contribution in [1.82, 2.24) is 10.3 Å². The largest absolute Gasteiger partial charge is 0.493 e. The Labute approximate surface area is 156 Å². The molecule has 0 spiro atoms. The van der Waals surface area contributed by atoms with Crippen molar-refractivity contribution in [3.8, 4) is 11.5 Å². The number of nitrogens with zero attached hydrogens (tertiary/aromatic N) is 2. The van der Waals surface area contributed by atoms with Crippen molar-refractivity contribution < 1.29 is 28.1 Å². The minimum Gasteiger partial charge on any atom is -0.493 e. The molecule has 0 atom stereocenters. The molecule has 0 saturated heterocycles. The number of benzene rings is 1. The first-order valence-corrected chi connectivity index (χ1v) is 8.30. The van der Waals surface area contributed by atoms with Gasteiger partial charge >= 0.3 is 5.97 Å². The van der Waals surface area contributed by atoms with Crippen molar-refractivity contribution in [3.63, 3.8) is 0 Å². The van der Waals surface area contributed by atoms with E-state index in [9.17, 15) is 4.79 Å². The molecule has 0 amide bonds. The predicted octanol–water partition coefficient (Wildman–Crippen LogP) is 3.53. The molecule has 0 aliphatic carbocycles. The molecule has 142 valence electrons. The fourth-order valence-electron chi connectivity index (χ4n) is 2.48. The van der Waals surface area contributed by atoms with Crippen molar-refractivity contribution >= 4 is 5.97 Å². The van der Waals surface area contributed by atoms with Crippen LogP contribution in [-0.4, -0.2) is 23.4 Å². The molecule has 2 heterocycles. The third kappa shape index (κ3) is 4.28. The summed E-state index contributed by atoms with van der Waals surface area (Å²) in [6, 6.07) is 6.55. The highest BCUT2D eigenvalue weighted by Crippen LogP contribution is 2.30. The van der Waals surface area contributed by atoms with Crippen LogP contribution in [-0.2, 0) is 18.0 Å². The van der Waals surface area contributed by atoms with Gasteiger partial charge in [-0.2, -0.15) is 0 Å². The number of carbonyl (C=O) groups excluding carboxylic acids is 1. The van der Waals surface area contributed by atoms with E-state index in [-0.39, 0.29) is 13.2 Å². The van der Waals surface area contributed by atoms with E-state index in [1.54, 1.807) is 31.2 Å². The third-order valence-corrected chi connectivity index (χ3v) is 3.98. The van der Waals surface area contributed by atoms with Crippen LogP contribution < -0.4 is 9.47 Å². The zero-order chi connectivity index (χ0) is 19.4. The minimum absolute atomic E-state index is 0.0305. The monoisotopic (exact) mass is 372 g/mol. The lowest BCUT2D eigenvalue weighted by Gasteiger charge is -2.12. The second-order valence-electron chi connectivity index (χ2n) is 5.96. The van der Waals surface area contributed by atoms with Gasteiger partial charge in [-0.15, -0.1) is 0 Å². The number of aromatic nitrogens is 2. The highest BCUT2D eigenvalue weighted by Gasteiger charge is 2.15. The van der Waals surface area contributed by atoms with E-state index in [1.807, 2.05) is 13.8 Å². The summed E-state index contributed by atoms with van der Waals surface area (Å²) in [6.45, 7) is 5.76. The Kier molecular flexibility index (Phi) is 5.44. The highest BCUT2D eigenvalue weighted by molar-refractivity contribution is 5.90. The molecule has 3 aromatic rings. The summed E-state index contributed by atoms with van der Waals surface area (Å²) in [4.78, 5) is 12.2. The minimum atomic E-state index is -0.494. The van der Waals surface area contributed by atoms with Gasteiger partial charge in [-0.05, 0) is 39.0 Å². The van der Waals surface area contributed by atoms with Gasteiger partial charge in [-0.3, -0.25) is 0 Å². The van der Waals surface area contributed by atoms with Crippen LogP contribution in [0, 0.1) is 20.8 Å². The van der Waals surface area contributed by atoms with E-state index in [0.717, 1.165) is 11.3 Å². The lowest BCUT2D eigenvalue weighted by atomic mass is 10.2. The predicted molar refractivity (Wildman–Crippen MR) is 93.7 cm³/mol. The number of methoxy groups -OCH3 is 1. The van der Waals surface area contributed by atoms with Gasteiger partial charge in [-0.1, -0.05) is 10.3 Å². The van der Waals surface area contributed by atoms with Gasteiger partial charge in [0.05, 0.1) is 23.9 Å². The molecule has 0 aliphatic heterocycles. The van der Waals surface area contributed by atoms with E-state index < -0.39 is 5.97 Å². The lowest BCUT2D eigenvalue weighted by molar-refractivity contribution is 0.0463. The molecular formula is C19H20N2O6. The Hall–Kier alpha value is -3.29. The molecule has 3 rings (SSSR count). The number of hydrogen-bond donors (Lipinski definition) is 0. The maximum atomic E-state index is 12.2. The maximum absolute atomic E-state index is 12.2. The average molecular weight is 372 g/mol. The summed E-state index contributed by atoms with van der Waals surface area (Å²) < 4.78 is 26.4. The number of hydrogen-bond acceptors (Lipinski definition) is 8. The summed E-state index contributed by atoms with van der Waals surface area (Å²) >= 11 is 0. The standard InChI is InChI=1S/C19H20N2O6/c1-11-7-15(21-26-11)9-25-19(22)14-5-6-17(18(8-14)23-4)24-10-16-12(2)20-27-13(16)3/h5-8H,9-10H2,1-4H3. The summed E-state index contributed by atoms with van der Waals surface area (Å²) in [5, 5.41) is 7.68. The molecule has 0 radical (unpaired) electrons. The van der Waals surface area contributed by atoms with Crippen molar-refractivity contribution in [2.24, 2.45) is 0 Å². The lowest BCUT2D eigenvalue weighted by Crippen LogP contribution is -2.06. The van der Waals surface area contributed by atoms with Crippen LogP contribution in [0.15, 0.2) is 33.3 Å². The van der Waals surface area contributed by atoms with Crippen LogP contribution in [0.4, 0.5) is 0 Å². The Bertz CT molecular complexity index is 924. The van der Waals surface area contributed by atoms with Crippen LogP contribution in [0.25, 0.3) is 0 Å². The number of rotatable bonds is 7. The van der Waals surface area contributed by atoms with Crippen LogP contribution in [0.5, 0.6) is 11.5 Å². The topological polar surface area (TPSA) is 96.8 Å². The summed E-state index contributed by atoms with van der Waals surface area (Å²) in [6.07, 6.45) is 0. The summed E-state index contributed by atoms with van der Waals surface area (Å²) in [7, 11) is 1.51. The zero-order valence-electron chi connectivity index (χ0n) is 15.6. The van der Waals surface area contributed by atoms with Gasteiger partial charge in [0.1, 0.15) is 30.4 Å². The molecule has 1 aromatic carbocycles. The van der Waals surface area contributed by atoms with Crippen molar-refractivity contribution in [1.29, 1.82) is 0 Å². The van der Waals surface area contributed by atoms with E-state index in [4.69, 9.17) is 23.3 Å². The maximum Gasteiger partial charge on any atom is 0.338 e. The van der Waals surface area contributed by atoms with Crippen LogP contribution in [0.3, 0.4) is 0 Å². The van der Waals surface area contributed by atoms with Gasteiger partial charge < -0.3 is 23.3 Å². The van der Waals surface area contributed by atoms with E-state index >= 15 is 0 Å². The Morgan fingerprint density at radius 2 is 1.85 bits per heavy atom. The van der Waals surface area contributed by atoms with Gasteiger partial charge in [0.15, 0.2) is 11.5 Å². The van der Waals surface area contributed by atoms with E-state index in [1.165, 1.54) is 7.11 Å². The molecule has 0 aliphatic rings. The fraction of sp³-hybridized carbons (Fsp3) is 0.316. The fourth-order valence-corrected chi connectivity index (χ4v) is 2.48. The molecule has 8 nitrogen and oxygen atoms in total. The number of esters is 1. The van der Waals surface area contributed by atoms with Crippen LogP contribution in [0.2, 0.25) is 0 Å². The van der Waals surface area contributed by atoms with Gasteiger partial charge in [0, 0.05) is 6.07 Å². The first-order chi connectivity index (χ1) is 13.0. The van der Waals surface area contributed by atoms with Crippen LogP contribution >= 0.6 is 0 Å². The molecule has 8 heteroatoms. The zero-order valence-corrected chi connectivity index (χ0v) is 15.6. The first kappa shape index (κ1) is 18.5. The SMILES string of the molecule is COc1cc(C(=O)OCc2cc(C)on2)ccc1OCc1c(C)noc1C. The molecule has 0 N–H and O–H groups in total. The van der Waals surface area contributed by atoms with Crippen molar-refractivity contribution in [2.75, 3.05) is 7.11 Å². The van der Waals surface area contributed by atoms with Crippen LogP contribution in [0.1, 0.15) is 38.8 Å². The van der Waals surface area contributed by atoms with E-state index in [0.29, 0.717) is 34.3 Å². The molecule has 0 saturated carbocycles. The number of carbonyl (C=O) groups is 1. The van der Waals surface area contributed by atoms with E-state index in [2.05, 4.69) is 10.3 Å². The summed E-state index contributed by atoms with van der Waals surface area (Å²) in [5.41, 5.74) is 2.54. The third-order valence-electron chi connectivity index (χ3n) is 3.98. The highest BCUT2D eigenvalue weighted by atomic mass is 16.5. The Morgan fingerprint density at radius 1 is 1.04 bits per heavy atom. The van der Waals surface area contributed by atoms with Gasteiger partial charge in [0.2, 0.25) is 0 Å². The van der Waals surface area contributed by atoms with Crippen molar-refractivity contribution in [2.45, 2.75) is 34.0 Å². The number of ether oxygens (including phenoxy) is 3. The van der Waals surface area contributed by atoms with Crippen molar-refractivity contribution in [3.05, 3.63) is 58.3 Å².